The van der Waals surface area contributed by atoms with Crippen molar-refractivity contribution in [3.8, 4) is 22.9 Å². The molecule has 4 N–H and O–H groups in total. The largest absolute Gasteiger partial charge is 0.491 e. The highest BCUT2D eigenvalue weighted by molar-refractivity contribution is 7.14. The van der Waals surface area contributed by atoms with Gasteiger partial charge in [-0.15, -0.1) is 11.3 Å². The highest BCUT2D eigenvalue weighted by Gasteiger charge is 2.61. The van der Waals surface area contributed by atoms with Gasteiger partial charge in [-0.25, -0.2) is 19.6 Å². The Kier molecular flexibility index (Phi) is 13.5. The van der Waals surface area contributed by atoms with E-state index < -0.39 is 53.0 Å². The number of carbonyl (C=O) groups is 4. The fraction of sp³-hybridized carbons (Fsp3) is 0.652. The molecule has 2 saturated heterocycles. The van der Waals surface area contributed by atoms with E-state index in [4.69, 9.17) is 40.5 Å². The Bertz CT molecular complexity index is 2220. The van der Waals surface area contributed by atoms with E-state index in [9.17, 15) is 24.3 Å². The standard InChI is InChI=1S/C46H62ClN7O9S/c1-7-28-22-46(28,42(57)58)52-40(55)34-20-30(23-54(34)41(56)39(45(4,5)6)51-44(59)63-29-18-26-8-9-27(26)19-29)62-36-21-32(33-24-64-43(50-33)48-25(2)3)49-38-31(36)10-11-35(37(38)47)61-17-14-53-12-15-60-16-13-53/h10-11,21,24-30,34,39H,7-9,12-20,22-23H2,1-6H3,(H,48,50)(H,51,59)(H,52,55)(H,57,58)/t26-,27+,28-,29+,30-,34+,39-,46-/m1/s1. The van der Waals surface area contributed by atoms with Crippen molar-refractivity contribution >= 4 is 62.8 Å². The van der Waals surface area contributed by atoms with Crippen LogP contribution in [-0.4, -0.2) is 131 Å². The molecule has 1 aromatic carbocycles. The number of amides is 3. The number of halogens is 1. The Morgan fingerprint density at radius 1 is 1.03 bits per heavy atom. The van der Waals surface area contributed by atoms with Gasteiger partial charge in [0.15, 0.2) is 5.13 Å². The van der Waals surface area contributed by atoms with Crippen LogP contribution in [-0.2, 0) is 23.9 Å². The van der Waals surface area contributed by atoms with Crippen LogP contribution in [0.3, 0.4) is 0 Å². The summed E-state index contributed by atoms with van der Waals surface area (Å²) in [5, 5.41) is 22.8. The van der Waals surface area contributed by atoms with Gasteiger partial charge in [-0.3, -0.25) is 14.5 Å². The third kappa shape index (κ3) is 9.87. The number of anilines is 1. The number of fused-ring (bicyclic) bond motifs is 2. The molecule has 5 aliphatic rings. The number of benzene rings is 1. The topological polar surface area (TPSA) is 194 Å². The van der Waals surface area contributed by atoms with E-state index in [0.717, 1.165) is 43.9 Å². The minimum Gasteiger partial charge on any atom is -0.491 e. The molecule has 8 atom stereocenters. The third-order valence-electron chi connectivity index (χ3n) is 13.6. The molecule has 8 rings (SSSR count). The number of likely N-dealkylation sites (tertiary alicyclic amines) is 1. The number of nitrogens with one attached hydrogen (secondary N) is 3. The number of aromatic nitrogens is 2. The minimum absolute atomic E-state index is 0.0295. The number of carboxylic acids is 1. The van der Waals surface area contributed by atoms with Crippen LogP contribution in [0.2, 0.25) is 5.02 Å². The highest BCUT2D eigenvalue weighted by Crippen LogP contribution is 2.48. The van der Waals surface area contributed by atoms with Crippen LogP contribution in [0.5, 0.6) is 11.5 Å². The van der Waals surface area contributed by atoms with Gasteiger partial charge in [-0.2, -0.15) is 0 Å². The van der Waals surface area contributed by atoms with E-state index >= 15 is 0 Å². The van der Waals surface area contributed by atoms with Gasteiger partial charge in [0.25, 0.3) is 0 Å². The zero-order chi connectivity index (χ0) is 45.5. The fourth-order valence-corrected chi connectivity index (χ4v) is 10.9. The van der Waals surface area contributed by atoms with Gasteiger partial charge in [0.05, 0.1) is 31.0 Å². The van der Waals surface area contributed by atoms with Gasteiger partial charge in [0.2, 0.25) is 11.8 Å². The number of hydrogen-bond donors (Lipinski definition) is 4. The third-order valence-corrected chi connectivity index (χ3v) is 14.8. The summed E-state index contributed by atoms with van der Waals surface area (Å²) < 4.78 is 24.4. The van der Waals surface area contributed by atoms with E-state index in [1.54, 1.807) is 12.1 Å². The van der Waals surface area contributed by atoms with Crippen molar-refractivity contribution in [2.24, 2.45) is 23.2 Å². The summed E-state index contributed by atoms with van der Waals surface area (Å²) in [5.74, 6) is -0.409. The zero-order valence-corrected chi connectivity index (χ0v) is 39.2. The molecule has 18 heteroatoms. The molecule has 0 radical (unpaired) electrons. The lowest BCUT2D eigenvalue weighted by molar-refractivity contribution is -0.146. The Hall–Kier alpha value is -4.45. The van der Waals surface area contributed by atoms with Crippen molar-refractivity contribution < 1.29 is 43.2 Å². The molecule has 64 heavy (non-hydrogen) atoms. The summed E-state index contributed by atoms with van der Waals surface area (Å²) in [6.45, 7) is 15.6. The molecular formula is C46H62ClN7O9S. The SMILES string of the molecule is CC[C@@H]1C[C@]1(NC(=O)[C@@H]1C[C@@H](Oc2cc(-c3csc(NC(C)C)n3)nc3c(Cl)c(OCCN4CCOCC4)ccc23)CN1C(=O)[C@@H](NC(=O)O[C@H]1C[C@H]2CC[C@H]2C1)C(C)(C)C)C(=O)O. The maximum absolute atomic E-state index is 14.9. The molecule has 3 aliphatic carbocycles. The number of alkyl carbamates (subject to hydrolysis) is 1. The van der Waals surface area contributed by atoms with Crippen LogP contribution < -0.4 is 25.4 Å². The summed E-state index contributed by atoms with van der Waals surface area (Å²) in [4.78, 5) is 68.7. The predicted octanol–water partition coefficient (Wildman–Crippen LogP) is 6.59. The predicted molar refractivity (Wildman–Crippen MR) is 243 cm³/mol. The highest BCUT2D eigenvalue weighted by atomic mass is 35.5. The number of morpholine rings is 1. The lowest BCUT2D eigenvalue weighted by Crippen LogP contribution is -2.59. The maximum atomic E-state index is 14.9. The molecule has 0 bridgehead atoms. The van der Waals surface area contributed by atoms with E-state index in [1.807, 2.05) is 53.0 Å². The minimum atomic E-state index is -1.42. The molecular weight excluding hydrogens is 862 g/mol. The fourth-order valence-electron chi connectivity index (χ4n) is 9.76. The van der Waals surface area contributed by atoms with Crippen LogP contribution in [0, 0.1) is 23.2 Å². The first kappa shape index (κ1) is 46.1. The van der Waals surface area contributed by atoms with Crippen LogP contribution in [0.25, 0.3) is 22.3 Å². The molecule has 3 aromatic rings. The van der Waals surface area contributed by atoms with Gasteiger partial charge in [0, 0.05) is 48.9 Å². The molecule has 348 valence electrons. The average Bonchev–Trinajstić information content (AvgIpc) is 3.46. The van der Waals surface area contributed by atoms with E-state index in [2.05, 4.69) is 20.9 Å². The summed E-state index contributed by atoms with van der Waals surface area (Å²) >= 11 is 8.56. The number of carbonyl (C=O) groups excluding carboxylic acids is 3. The molecule has 2 aromatic heterocycles. The first-order valence-electron chi connectivity index (χ1n) is 22.8. The first-order chi connectivity index (χ1) is 30.5. The molecule has 5 fully saturated rings. The summed E-state index contributed by atoms with van der Waals surface area (Å²) in [6, 6.07) is 3.38. The number of aliphatic carboxylic acids is 1. The quantitative estimate of drug-likeness (QED) is 0.120. The van der Waals surface area contributed by atoms with Crippen LogP contribution in [0.4, 0.5) is 9.93 Å². The summed E-state index contributed by atoms with van der Waals surface area (Å²) in [5.41, 5.74) is -0.685. The summed E-state index contributed by atoms with van der Waals surface area (Å²) in [7, 11) is 0. The Labute approximate surface area is 383 Å². The molecule has 16 nitrogen and oxygen atoms in total. The van der Waals surface area contributed by atoms with Crippen molar-refractivity contribution in [3.63, 3.8) is 0 Å². The normalized spacial score (nSPS) is 27.1. The number of rotatable bonds is 16. The zero-order valence-electron chi connectivity index (χ0n) is 37.6. The van der Waals surface area contributed by atoms with E-state index in [1.165, 1.54) is 16.2 Å². The van der Waals surface area contributed by atoms with Gasteiger partial charge >= 0.3 is 12.1 Å². The first-order valence-corrected chi connectivity index (χ1v) is 24.1. The number of thiazole rings is 1. The van der Waals surface area contributed by atoms with Gasteiger partial charge in [-0.05, 0) is 81.3 Å². The number of ether oxygens (including phenoxy) is 4. The van der Waals surface area contributed by atoms with Crippen LogP contribution in [0.1, 0.15) is 86.5 Å². The molecule has 3 saturated carbocycles. The van der Waals surface area contributed by atoms with Crippen molar-refractivity contribution in [1.29, 1.82) is 0 Å². The Morgan fingerprint density at radius 3 is 2.41 bits per heavy atom. The Balaban J connectivity index is 1.09. The van der Waals surface area contributed by atoms with Crippen molar-refractivity contribution in [2.45, 2.75) is 122 Å². The van der Waals surface area contributed by atoms with Crippen molar-refractivity contribution in [3.05, 3.63) is 28.6 Å². The smallest absolute Gasteiger partial charge is 0.408 e. The number of carboxylic acid groups (broad SMARTS) is 1. The number of hydrogen-bond acceptors (Lipinski definition) is 13. The van der Waals surface area contributed by atoms with Crippen LogP contribution in [0.15, 0.2) is 23.6 Å². The lowest BCUT2D eigenvalue weighted by atomic mass is 9.77. The second kappa shape index (κ2) is 18.8. The number of pyridine rings is 1. The lowest BCUT2D eigenvalue weighted by Gasteiger charge is -2.35. The summed E-state index contributed by atoms with van der Waals surface area (Å²) in [6.07, 6.45) is 3.23. The molecule has 3 amide bonds. The monoisotopic (exact) mass is 923 g/mol. The molecule has 0 unspecified atom stereocenters. The second-order valence-corrected chi connectivity index (χ2v) is 20.8. The van der Waals surface area contributed by atoms with E-state index in [0.29, 0.717) is 89.9 Å². The average molecular weight is 925 g/mol. The number of nitrogens with zero attached hydrogens (tertiary/aromatic N) is 4. The van der Waals surface area contributed by atoms with Gasteiger partial charge in [0.1, 0.15) is 58.7 Å². The second-order valence-electron chi connectivity index (χ2n) is 19.5. The maximum Gasteiger partial charge on any atom is 0.408 e. The molecule has 2 aliphatic heterocycles. The Morgan fingerprint density at radius 2 is 1.77 bits per heavy atom. The van der Waals surface area contributed by atoms with Gasteiger partial charge < -0.3 is 44.9 Å². The molecule has 0 spiro atoms. The molecule has 4 heterocycles. The van der Waals surface area contributed by atoms with Gasteiger partial charge in [-0.1, -0.05) is 45.7 Å². The van der Waals surface area contributed by atoms with E-state index in [-0.39, 0.29) is 31.0 Å². The van der Waals surface area contributed by atoms with Crippen molar-refractivity contribution in [1.82, 2.24) is 30.4 Å². The van der Waals surface area contributed by atoms with Crippen molar-refractivity contribution in [2.75, 3.05) is 51.3 Å². The van der Waals surface area contributed by atoms with Crippen LogP contribution >= 0.6 is 22.9 Å².